The van der Waals surface area contributed by atoms with Crippen molar-refractivity contribution in [2.75, 3.05) is 6.54 Å². The molecular formula is C11H16ClN3. The molecule has 0 saturated heterocycles. The molecule has 0 radical (unpaired) electrons. The first kappa shape index (κ1) is 12.0. The summed E-state index contributed by atoms with van der Waals surface area (Å²) in [4.78, 5) is 4.24. The van der Waals surface area contributed by atoms with Gasteiger partial charge in [-0.1, -0.05) is 6.07 Å². The molecule has 0 amide bonds. The summed E-state index contributed by atoms with van der Waals surface area (Å²) in [7, 11) is 0. The number of nitrogens with one attached hydrogen (secondary N) is 1. The van der Waals surface area contributed by atoms with Gasteiger partial charge in [0.2, 0.25) is 0 Å². The third-order valence-corrected chi connectivity index (χ3v) is 2.18. The molecule has 1 unspecified atom stereocenters. The Hall–Kier alpha value is -1.09. The summed E-state index contributed by atoms with van der Waals surface area (Å²) in [6.07, 6.45) is 2.47. The van der Waals surface area contributed by atoms with E-state index in [1.807, 2.05) is 32.0 Å². The molecule has 1 N–H and O–H groups in total. The molecule has 1 rings (SSSR count). The first-order valence-electron chi connectivity index (χ1n) is 5.07. The summed E-state index contributed by atoms with van der Waals surface area (Å²) in [5, 5.41) is 4.15. The summed E-state index contributed by atoms with van der Waals surface area (Å²) in [5.74, 6) is 0. The fourth-order valence-corrected chi connectivity index (χ4v) is 1.26. The molecule has 0 saturated carbocycles. The lowest BCUT2D eigenvalue weighted by Gasteiger charge is -2.08. The second-order valence-electron chi connectivity index (χ2n) is 3.23. The van der Waals surface area contributed by atoms with Gasteiger partial charge in [0, 0.05) is 24.9 Å². The van der Waals surface area contributed by atoms with E-state index in [-0.39, 0.29) is 5.38 Å². The number of hydrazone groups is 1. The Bertz CT molecular complexity index is 309. The number of rotatable bonds is 5. The van der Waals surface area contributed by atoms with Crippen LogP contribution in [0.15, 0.2) is 29.5 Å². The van der Waals surface area contributed by atoms with Crippen molar-refractivity contribution >= 4 is 17.3 Å². The molecule has 0 bridgehead atoms. The second-order valence-corrected chi connectivity index (χ2v) is 3.88. The summed E-state index contributed by atoms with van der Waals surface area (Å²) in [6.45, 7) is 4.72. The second kappa shape index (κ2) is 6.40. The minimum absolute atomic E-state index is 0.0777. The molecule has 0 fully saturated rings. The van der Waals surface area contributed by atoms with E-state index in [2.05, 4.69) is 15.5 Å². The molecular weight excluding hydrogens is 210 g/mol. The Balaban J connectivity index is 2.67. The van der Waals surface area contributed by atoms with Crippen LogP contribution in [0.4, 0.5) is 0 Å². The van der Waals surface area contributed by atoms with Gasteiger partial charge in [0.1, 0.15) is 0 Å². The van der Waals surface area contributed by atoms with Gasteiger partial charge in [-0.25, -0.2) is 0 Å². The zero-order valence-electron chi connectivity index (χ0n) is 9.07. The average molecular weight is 226 g/mol. The van der Waals surface area contributed by atoms with Crippen LogP contribution in [0.1, 0.15) is 19.5 Å². The molecule has 1 aromatic heterocycles. The topological polar surface area (TPSA) is 37.3 Å². The first-order chi connectivity index (χ1) is 7.24. The van der Waals surface area contributed by atoms with E-state index in [4.69, 9.17) is 11.6 Å². The normalized spacial score (nSPS) is 13.7. The number of hydrogen-bond donors (Lipinski definition) is 1. The molecule has 0 spiro atoms. The maximum atomic E-state index is 6.03. The Morgan fingerprint density at radius 1 is 1.60 bits per heavy atom. The van der Waals surface area contributed by atoms with Crippen molar-refractivity contribution in [2.45, 2.75) is 25.6 Å². The van der Waals surface area contributed by atoms with Crippen LogP contribution in [0.5, 0.6) is 0 Å². The third-order valence-electron chi connectivity index (χ3n) is 1.93. The monoisotopic (exact) mass is 225 g/mol. The van der Waals surface area contributed by atoms with Crippen molar-refractivity contribution in [3.8, 4) is 0 Å². The zero-order chi connectivity index (χ0) is 11.1. The molecule has 0 aliphatic carbocycles. The highest BCUT2D eigenvalue weighted by Crippen LogP contribution is 2.04. The Kier molecular flexibility index (Phi) is 5.12. The predicted molar refractivity (Wildman–Crippen MR) is 64.4 cm³/mol. The number of hydrogen-bond acceptors (Lipinski definition) is 3. The van der Waals surface area contributed by atoms with Gasteiger partial charge in [-0.05, 0) is 26.0 Å². The van der Waals surface area contributed by atoms with Gasteiger partial charge in [-0.3, -0.25) is 4.98 Å². The smallest absolute Gasteiger partial charge is 0.0711 e. The maximum absolute atomic E-state index is 6.03. The van der Waals surface area contributed by atoms with Gasteiger partial charge in [-0.15, -0.1) is 11.6 Å². The molecule has 1 atom stereocenters. The highest BCUT2D eigenvalue weighted by Gasteiger charge is 2.08. The molecule has 15 heavy (non-hydrogen) atoms. The molecule has 1 aromatic rings. The summed E-state index contributed by atoms with van der Waals surface area (Å²) < 4.78 is 0. The Morgan fingerprint density at radius 3 is 2.93 bits per heavy atom. The van der Waals surface area contributed by atoms with Crippen LogP contribution < -0.4 is 5.43 Å². The van der Waals surface area contributed by atoms with E-state index in [0.29, 0.717) is 6.42 Å². The lowest BCUT2D eigenvalue weighted by molar-refractivity contribution is 0.774. The Labute approximate surface area is 95.6 Å². The van der Waals surface area contributed by atoms with Gasteiger partial charge in [0.15, 0.2) is 0 Å². The number of pyridine rings is 1. The molecule has 0 aliphatic heterocycles. The predicted octanol–water partition coefficient (Wildman–Crippen LogP) is 2.22. The summed E-state index contributed by atoms with van der Waals surface area (Å²) in [5.41, 5.74) is 4.83. The standard InChI is InChI=1S/C11H16ClN3/c1-3-14-15-11(9(2)12)8-10-6-4-5-7-13-10/h4-7,9,14H,3,8H2,1-2H3/b15-11-. The fourth-order valence-electron chi connectivity index (χ4n) is 1.14. The van der Waals surface area contributed by atoms with E-state index in [1.165, 1.54) is 0 Å². The lowest BCUT2D eigenvalue weighted by Crippen LogP contribution is -2.19. The molecule has 1 heterocycles. The van der Waals surface area contributed by atoms with Crippen molar-refractivity contribution in [2.24, 2.45) is 5.10 Å². The van der Waals surface area contributed by atoms with Crippen molar-refractivity contribution in [1.29, 1.82) is 0 Å². The van der Waals surface area contributed by atoms with Crippen LogP contribution in [-0.2, 0) is 6.42 Å². The molecule has 4 heteroatoms. The van der Waals surface area contributed by atoms with Crippen LogP contribution >= 0.6 is 11.6 Å². The lowest BCUT2D eigenvalue weighted by atomic mass is 10.1. The van der Waals surface area contributed by atoms with E-state index >= 15 is 0 Å². The number of alkyl halides is 1. The minimum atomic E-state index is -0.0777. The molecule has 3 nitrogen and oxygen atoms in total. The van der Waals surface area contributed by atoms with E-state index in [9.17, 15) is 0 Å². The van der Waals surface area contributed by atoms with Crippen molar-refractivity contribution in [1.82, 2.24) is 10.4 Å². The molecule has 82 valence electrons. The van der Waals surface area contributed by atoms with Crippen molar-refractivity contribution in [3.05, 3.63) is 30.1 Å². The molecule has 0 aromatic carbocycles. The average Bonchev–Trinajstić information content (AvgIpc) is 2.25. The van der Waals surface area contributed by atoms with E-state index < -0.39 is 0 Å². The van der Waals surface area contributed by atoms with Gasteiger partial charge >= 0.3 is 0 Å². The van der Waals surface area contributed by atoms with E-state index in [0.717, 1.165) is 18.0 Å². The highest BCUT2D eigenvalue weighted by atomic mass is 35.5. The minimum Gasteiger partial charge on any atom is -0.310 e. The quantitative estimate of drug-likeness (QED) is 0.474. The van der Waals surface area contributed by atoms with Crippen LogP contribution in [0.25, 0.3) is 0 Å². The van der Waals surface area contributed by atoms with Gasteiger partial charge in [0.25, 0.3) is 0 Å². The SMILES string of the molecule is CCN/N=C(/Cc1ccccn1)C(C)Cl. The molecule has 0 aliphatic rings. The van der Waals surface area contributed by atoms with Gasteiger partial charge in [0.05, 0.1) is 11.1 Å². The van der Waals surface area contributed by atoms with Crippen LogP contribution in [0.3, 0.4) is 0 Å². The summed E-state index contributed by atoms with van der Waals surface area (Å²) >= 11 is 6.03. The van der Waals surface area contributed by atoms with Crippen LogP contribution in [0.2, 0.25) is 0 Å². The van der Waals surface area contributed by atoms with Gasteiger partial charge in [-0.2, -0.15) is 5.10 Å². The number of nitrogens with zero attached hydrogens (tertiary/aromatic N) is 2. The van der Waals surface area contributed by atoms with Crippen LogP contribution in [-0.4, -0.2) is 22.6 Å². The number of halogens is 1. The Morgan fingerprint density at radius 2 is 2.40 bits per heavy atom. The van der Waals surface area contributed by atoms with Gasteiger partial charge < -0.3 is 5.43 Å². The van der Waals surface area contributed by atoms with Crippen LogP contribution in [0, 0.1) is 0 Å². The van der Waals surface area contributed by atoms with Crippen molar-refractivity contribution in [3.63, 3.8) is 0 Å². The fraction of sp³-hybridized carbons (Fsp3) is 0.455. The first-order valence-corrected chi connectivity index (χ1v) is 5.51. The highest BCUT2D eigenvalue weighted by molar-refractivity contribution is 6.31. The largest absolute Gasteiger partial charge is 0.310 e. The van der Waals surface area contributed by atoms with Crippen molar-refractivity contribution < 1.29 is 0 Å². The maximum Gasteiger partial charge on any atom is 0.0711 e. The van der Waals surface area contributed by atoms with E-state index in [1.54, 1.807) is 6.20 Å². The third kappa shape index (κ3) is 4.30. The zero-order valence-corrected chi connectivity index (χ0v) is 9.83. The number of aromatic nitrogens is 1. The summed E-state index contributed by atoms with van der Waals surface area (Å²) in [6, 6.07) is 5.83.